The van der Waals surface area contributed by atoms with Gasteiger partial charge >= 0.3 is 0 Å². The number of hydrogen-bond donors (Lipinski definition) is 0. The lowest BCUT2D eigenvalue weighted by Gasteiger charge is -2.11. The van der Waals surface area contributed by atoms with E-state index in [-0.39, 0.29) is 0 Å². The normalized spacial score (nSPS) is 11.2. The van der Waals surface area contributed by atoms with Gasteiger partial charge in [-0.15, -0.1) is 11.8 Å². The van der Waals surface area contributed by atoms with E-state index in [1.807, 2.05) is 54.6 Å². The van der Waals surface area contributed by atoms with Crippen molar-refractivity contribution in [2.45, 2.75) is 17.2 Å². The summed E-state index contributed by atoms with van der Waals surface area (Å²) in [7, 11) is 0. The van der Waals surface area contributed by atoms with Gasteiger partial charge in [-0.2, -0.15) is 0 Å². The number of hydrogen-bond acceptors (Lipinski definition) is 2. The molecule has 4 rings (SSSR count). The second kappa shape index (κ2) is 7.75. The first-order chi connectivity index (χ1) is 12.7. The molecular formula is C21H16Cl2N2S. The molecule has 0 amide bonds. The zero-order valence-electron chi connectivity index (χ0n) is 13.9. The molecule has 0 spiro atoms. The number of para-hydroxylation sites is 2. The second-order valence-corrected chi connectivity index (χ2v) is 7.83. The van der Waals surface area contributed by atoms with Crippen molar-refractivity contribution in [1.82, 2.24) is 9.55 Å². The van der Waals surface area contributed by atoms with Crippen LogP contribution in [-0.4, -0.2) is 9.55 Å². The molecule has 0 bridgehead atoms. The predicted molar refractivity (Wildman–Crippen MR) is 111 cm³/mol. The van der Waals surface area contributed by atoms with E-state index in [4.69, 9.17) is 28.2 Å². The molecule has 0 aliphatic rings. The number of benzene rings is 3. The molecule has 130 valence electrons. The standard InChI is InChI=1S/C21H16Cl2N2S/c22-16-9-11-17(12-10-16)26-14-21-24-19-7-3-4-8-20(19)25(21)13-15-5-1-2-6-18(15)23/h1-12H,13-14H2. The molecule has 26 heavy (non-hydrogen) atoms. The van der Waals surface area contributed by atoms with Crippen molar-refractivity contribution >= 4 is 46.0 Å². The molecule has 0 saturated carbocycles. The topological polar surface area (TPSA) is 17.8 Å². The fraction of sp³-hybridized carbons (Fsp3) is 0.0952. The summed E-state index contributed by atoms with van der Waals surface area (Å²) in [6.07, 6.45) is 0. The number of halogens is 2. The van der Waals surface area contributed by atoms with Gasteiger partial charge in [0.2, 0.25) is 0 Å². The predicted octanol–water partition coefficient (Wildman–Crippen LogP) is 6.68. The fourth-order valence-corrected chi connectivity index (χ4v) is 4.05. The SMILES string of the molecule is Clc1ccc(SCc2nc3ccccc3n2Cc2ccccc2Cl)cc1. The van der Waals surface area contributed by atoms with Gasteiger partial charge < -0.3 is 4.57 Å². The van der Waals surface area contributed by atoms with E-state index in [0.717, 1.165) is 38.2 Å². The van der Waals surface area contributed by atoms with Crippen LogP contribution in [0.5, 0.6) is 0 Å². The smallest absolute Gasteiger partial charge is 0.120 e. The molecule has 0 N–H and O–H groups in total. The zero-order valence-corrected chi connectivity index (χ0v) is 16.2. The third-order valence-electron chi connectivity index (χ3n) is 4.20. The highest BCUT2D eigenvalue weighted by Crippen LogP contribution is 2.27. The monoisotopic (exact) mass is 398 g/mol. The summed E-state index contributed by atoms with van der Waals surface area (Å²) in [5.41, 5.74) is 3.22. The van der Waals surface area contributed by atoms with Crippen LogP contribution < -0.4 is 0 Å². The molecule has 4 aromatic rings. The van der Waals surface area contributed by atoms with E-state index < -0.39 is 0 Å². The minimum absolute atomic E-state index is 0.705. The highest BCUT2D eigenvalue weighted by atomic mass is 35.5. The maximum atomic E-state index is 6.38. The molecule has 5 heteroatoms. The van der Waals surface area contributed by atoms with Crippen molar-refractivity contribution in [2.24, 2.45) is 0 Å². The summed E-state index contributed by atoms with van der Waals surface area (Å²) < 4.78 is 2.25. The largest absolute Gasteiger partial charge is 0.323 e. The number of aromatic nitrogens is 2. The molecule has 0 radical (unpaired) electrons. The number of thioether (sulfide) groups is 1. The van der Waals surface area contributed by atoms with Crippen LogP contribution in [0, 0.1) is 0 Å². The Morgan fingerprint density at radius 1 is 0.846 bits per heavy atom. The molecule has 1 aromatic heterocycles. The zero-order chi connectivity index (χ0) is 17.9. The quantitative estimate of drug-likeness (QED) is 0.348. The van der Waals surface area contributed by atoms with E-state index in [9.17, 15) is 0 Å². The van der Waals surface area contributed by atoms with Crippen molar-refractivity contribution in [3.05, 3.63) is 94.2 Å². The number of nitrogens with zero attached hydrogens (tertiary/aromatic N) is 2. The van der Waals surface area contributed by atoms with Crippen molar-refractivity contribution in [3.8, 4) is 0 Å². The molecule has 0 aliphatic heterocycles. The van der Waals surface area contributed by atoms with Crippen LogP contribution in [0.25, 0.3) is 11.0 Å². The van der Waals surface area contributed by atoms with Gasteiger partial charge in [0.15, 0.2) is 0 Å². The minimum atomic E-state index is 0.705. The van der Waals surface area contributed by atoms with Crippen molar-refractivity contribution in [3.63, 3.8) is 0 Å². The van der Waals surface area contributed by atoms with Crippen LogP contribution in [0.4, 0.5) is 0 Å². The summed E-state index contributed by atoms with van der Waals surface area (Å²) in [5.74, 6) is 1.81. The lowest BCUT2D eigenvalue weighted by Crippen LogP contribution is -2.05. The van der Waals surface area contributed by atoms with Crippen molar-refractivity contribution < 1.29 is 0 Å². The van der Waals surface area contributed by atoms with Crippen molar-refractivity contribution in [2.75, 3.05) is 0 Å². The molecule has 0 aliphatic carbocycles. The van der Waals surface area contributed by atoms with E-state index in [1.165, 1.54) is 4.90 Å². The Bertz CT molecular complexity index is 1040. The number of fused-ring (bicyclic) bond motifs is 1. The molecule has 3 aromatic carbocycles. The summed E-state index contributed by atoms with van der Waals surface area (Å²) in [6.45, 7) is 0.705. The van der Waals surface area contributed by atoms with Gasteiger partial charge in [-0.05, 0) is 48.0 Å². The molecule has 0 fully saturated rings. The summed E-state index contributed by atoms with van der Waals surface area (Å²) in [5, 5.41) is 1.53. The molecule has 0 atom stereocenters. The van der Waals surface area contributed by atoms with Crippen LogP contribution in [0.2, 0.25) is 10.0 Å². The molecule has 1 heterocycles. The van der Waals surface area contributed by atoms with Crippen molar-refractivity contribution in [1.29, 1.82) is 0 Å². The summed E-state index contributed by atoms with van der Waals surface area (Å²) >= 11 is 14.1. The summed E-state index contributed by atoms with van der Waals surface area (Å²) in [4.78, 5) is 6.02. The average Bonchev–Trinajstić information content (AvgIpc) is 3.01. The molecule has 2 nitrogen and oxygen atoms in total. The fourth-order valence-electron chi connectivity index (χ4n) is 2.89. The molecule has 0 saturated heterocycles. The van der Waals surface area contributed by atoms with Gasteiger partial charge in [-0.3, -0.25) is 0 Å². The van der Waals surface area contributed by atoms with Gasteiger partial charge in [-0.25, -0.2) is 4.98 Å². The number of rotatable bonds is 5. The van der Waals surface area contributed by atoms with E-state index in [2.05, 4.69) is 22.8 Å². The van der Waals surface area contributed by atoms with E-state index in [0.29, 0.717) is 6.54 Å². The Morgan fingerprint density at radius 3 is 2.38 bits per heavy atom. The molecule has 0 unspecified atom stereocenters. The Morgan fingerprint density at radius 2 is 1.58 bits per heavy atom. The Labute approximate surface area is 166 Å². The maximum absolute atomic E-state index is 6.38. The summed E-state index contributed by atoms with van der Waals surface area (Å²) in [6, 6.07) is 24.1. The first-order valence-corrected chi connectivity index (χ1v) is 10.0. The van der Waals surface area contributed by atoms with E-state index >= 15 is 0 Å². The average molecular weight is 399 g/mol. The molecular weight excluding hydrogens is 383 g/mol. The Hall–Kier alpha value is -1.94. The second-order valence-electron chi connectivity index (χ2n) is 5.94. The van der Waals surface area contributed by atoms with Crippen LogP contribution in [-0.2, 0) is 12.3 Å². The highest BCUT2D eigenvalue weighted by molar-refractivity contribution is 7.98. The lowest BCUT2D eigenvalue weighted by molar-refractivity contribution is 0.780. The number of imidazole rings is 1. The Kier molecular flexibility index (Phi) is 5.21. The van der Waals surface area contributed by atoms with Gasteiger partial charge in [0.05, 0.1) is 23.3 Å². The maximum Gasteiger partial charge on any atom is 0.120 e. The van der Waals surface area contributed by atoms with Gasteiger partial charge in [-0.1, -0.05) is 53.5 Å². The van der Waals surface area contributed by atoms with Gasteiger partial charge in [0.25, 0.3) is 0 Å². The van der Waals surface area contributed by atoms with Gasteiger partial charge in [0, 0.05) is 14.9 Å². The van der Waals surface area contributed by atoms with Crippen LogP contribution >= 0.6 is 35.0 Å². The van der Waals surface area contributed by atoms with E-state index in [1.54, 1.807) is 11.8 Å². The third-order valence-corrected chi connectivity index (χ3v) is 5.83. The highest BCUT2D eigenvalue weighted by Gasteiger charge is 2.12. The third kappa shape index (κ3) is 3.75. The lowest BCUT2D eigenvalue weighted by atomic mass is 10.2. The first kappa shape index (κ1) is 17.5. The van der Waals surface area contributed by atoms with Crippen LogP contribution in [0.3, 0.4) is 0 Å². The van der Waals surface area contributed by atoms with Crippen LogP contribution in [0.1, 0.15) is 11.4 Å². The van der Waals surface area contributed by atoms with Gasteiger partial charge in [0.1, 0.15) is 5.82 Å². The van der Waals surface area contributed by atoms with Crippen LogP contribution in [0.15, 0.2) is 77.7 Å². The first-order valence-electron chi connectivity index (χ1n) is 8.26. The minimum Gasteiger partial charge on any atom is -0.323 e. The Balaban J connectivity index is 1.67.